The van der Waals surface area contributed by atoms with E-state index >= 15 is 0 Å². The van der Waals surface area contributed by atoms with E-state index in [2.05, 4.69) is 0 Å². The highest BCUT2D eigenvalue weighted by Gasteiger charge is 2.18. The average molecular weight is 199 g/mol. The molecule has 1 aromatic carbocycles. The van der Waals surface area contributed by atoms with E-state index in [1.807, 2.05) is 30.3 Å². The van der Waals surface area contributed by atoms with Crippen LogP contribution < -0.4 is 0 Å². The van der Waals surface area contributed by atoms with Gasteiger partial charge in [-0.05, 0) is 17.3 Å². The van der Waals surface area contributed by atoms with E-state index in [4.69, 9.17) is 0 Å². The molecule has 4 heteroatoms. The second kappa shape index (κ2) is 5.72. The van der Waals surface area contributed by atoms with Crippen LogP contribution in [0.25, 0.3) is 0 Å². The Morgan fingerprint density at radius 2 is 1.71 bits per heavy atom. The molecule has 0 spiro atoms. The number of nitrogens with zero attached hydrogens (tertiary/aromatic N) is 1. The Labute approximate surface area is 83.8 Å². The van der Waals surface area contributed by atoms with Gasteiger partial charge in [-0.3, -0.25) is 0 Å². The lowest BCUT2D eigenvalue weighted by atomic mass is 10.1. The van der Waals surface area contributed by atoms with Gasteiger partial charge in [0.2, 0.25) is 0 Å². The molecule has 0 atom stereocenters. The first-order valence-electron chi connectivity index (χ1n) is 4.50. The third-order valence-corrected chi connectivity index (χ3v) is 2.11. The molecule has 0 aromatic heterocycles. The molecule has 80 valence electrons. The van der Waals surface area contributed by atoms with E-state index in [9.17, 15) is 10.4 Å². The smallest absolute Gasteiger partial charge is 0.146 e. The Bertz CT molecular complexity index is 249. The van der Waals surface area contributed by atoms with E-state index in [1.54, 1.807) is 6.92 Å². The standard InChI is InChI=1S/C10H16NO2.H2O/c1-2-11(12,13)9-8-10-6-4-3-5-7-10;/h3-7,12-13H,2,8-9H2,1H3;1H2/q+1;/p-1. The van der Waals surface area contributed by atoms with Gasteiger partial charge in [0.05, 0.1) is 0 Å². The first-order valence-corrected chi connectivity index (χ1v) is 4.50. The fourth-order valence-electron chi connectivity index (χ4n) is 1.11. The van der Waals surface area contributed by atoms with Crippen LogP contribution in [-0.4, -0.2) is 33.8 Å². The van der Waals surface area contributed by atoms with Gasteiger partial charge in [0, 0.05) is 6.42 Å². The fraction of sp³-hybridized carbons (Fsp3) is 0.400. The van der Waals surface area contributed by atoms with E-state index in [0.717, 1.165) is 5.56 Å². The highest BCUT2D eigenvalue weighted by molar-refractivity contribution is 5.14. The lowest BCUT2D eigenvalue weighted by Crippen LogP contribution is -2.42. The Morgan fingerprint density at radius 3 is 2.21 bits per heavy atom. The number of rotatable bonds is 4. The molecule has 14 heavy (non-hydrogen) atoms. The van der Waals surface area contributed by atoms with Crippen molar-refractivity contribution >= 4 is 0 Å². The van der Waals surface area contributed by atoms with Crippen LogP contribution in [0, 0.1) is 0 Å². The van der Waals surface area contributed by atoms with Crippen molar-refractivity contribution in [1.82, 2.24) is 0 Å². The molecule has 0 unspecified atom stereocenters. The number of hydrogen-bond donors (Lipinski definition) is 2. The largest absolute Gasteiger partial charge is 0.870 e. The van der Waals surface area contributed by atoms with Crippen molar-refractivity contribution in [2.24, 2.45) is 0 Å². The van der Waals surface area contributed by atoms with E-state index in [0.29, 0.717) is 19.5 Å². The maximum Gasteiger partial charge on any atom is 0.146 e. The average Bonchev–Trinajstić information content (AvgIpc) is 2.17. The summed E-state index contributed by atoms with van der Waals surface area (Å²) in [6, 6.07) is 9.81. The summed E-state index contributed by atoms with van der Waals surface area (Å²) in [6.45, 7) is 2.39. The zero-order chi connectivity index (χ0) is 9.73. The Hall–Kier alpha value is -0.940. The molecule has 0 aliphatic heterocycles. The highest BCUT2D eigenvalue weighted by Crippen LogP contribution is 2.03. The minimum Gasteiger partial charge on any atom is -0.870 e. The predicted molar refractivity (Wildman–Crippen MR) is 51.3 cm³/mol. The Kier molecular flexibility index (Phi) is 5.34. The number of hydroxylamine groups is 4. The van der Waals surface area contributed by atoms with Crippen LogP contribution in [0.3, 0.4) is 0 Å². The zero-order valence-corrected chi connectivity index (χ0v) is 8.30. The number of likely N-dealkylation sites (N-methyl/N-ethyl adjacent to an activating group) is 1. The molecular formula is C10H17NO3. The summed E-state index contributed by atoms with van der Waals surface area (Å²) in [4.78, 5) is -0.894. The van der Waals surface area contributed by atoms with E-state index in [-0.39, 0.29) is 5.48 Å². The van der Waals surface area contributed by atoms with Crippen molar-refractivity contribution in [1.29, 1.82) is 0 Å². The molecule has 0 heterocycles. The van der Waals surface area contributed by atoms with Crippen LogP contribution in [0.5, 0.6) is 0 Å². The third kappa shape index (κ3) is 4.34. The second-order valence-corrected chi connectivity index (χ2v) is 3.15. The van der Waals surface area contributed by atoms with Gasteiger partial charge < -0.3 is 5.48 Å². The topological polar surface area (TPSA) is 70.5 Å². The summed E-state index contributed by atoms with van der Waals surface area (Å²) in [5.41, 5.74) is 1.13. The molecule has 0 aliphatic rings. The molecule has 1 rings (SSSR count). The monoisotopic (exact) mass is 199 g/mol. The molecular weight excluding hydrogens is 182 g/mol. The van der Waals surface area contributed by atoms with Gasteiger partial charge in [-0.1, -0.05) is 30.3 Å². The summed E-state index contributed by atoms with van der Waals surface area (Å²) >= 11 is 0. The predicted octanol–water partition coefficient (Wildman–Crippen LogP) is 1.67. The highest BCUT2D eigenvalue weighted by atomic mass is 16.8. The normalized spacial score (nSPS) is 10.8. The van der Waals surface area contributed by atoms with E-state index in [1.165, 1.54) is 0 Å². The van der Waals surface area contributed by atoms with Gasteiger partial charge >= 0.3 is 0 Å². The van der Waals surface area contributed by atoms with Crippen LogP contribution in [0.15, 0.2) is 30.3 Å². The second-order valence-electron chi connectivity index (χ2n) is 3.15. The maximum absolute atomic E-state index is 9.28. The molecule has 0 fully saturated rings. The van der Waals surface area contributed by atoms with Gasteiger partial charge in [0.1, 0.15) is 13.1 Å². The Morgan fingerprint density at radius 1 is 1.14 bits per heavy atom. The van der Waals surface area contributed by atoms with Gasteiger partial charge in [-0.25, -0.2) is 0 Å². The molecule has 0 radical (unpaired) electrons. The molecule has 0 amide bonds. The Balaban J connectivity index is 0.00000169. The number of hydrogen-bond acceptors (Lipinski definition) is 3. The van der Waals surface area contributed by atoms with Crippen LogP contribution in [-0.2, 0) is 6.42 Å². The van der Waals surface area contributed by atoms with Crippen LogP contribution in [0.4, 0.5) is 0 Å². The third-order valence-electron chi connectivity index (χ3n) is 2.11. The summed E-state index contributed by atoms with van der Waals surface area (Å²) in [7, 11) is 0. The van der Waals surface area contributed by atoms with Crippen molar-refractivity contribution in [3.8, 4) is 0 Å². The lowest BCUT2D eigenvalue weighted by molar-refractivity contribution is -1.24. The minimum absolute atomic E-state index is 0. The minimum atomic E-state index is -0.894. The molecule has 3 N–H and O–H groups in total. The van der Waals surface area contributed by atoms with Gasteiger partial charge in [-0.15, -0.1) is 0 Å². The summed E-state index contributed by atoms with van der Waals surface area (Å²) in [5.74, 6) is 0. The zero-order valence-electron chi connectivity index (χ0n) is 8.30. The number of quaternary nitrogens is 1. The summed E-state index contributed by atoms with van der Waals surface area (Å²) < 4.78 is 0. The van der Waals surface area contributed by atoms with Crippen molar-refractivity contribution in [2.45, 2.75) is 13.3 Å². The molecule has 1 aromatic rings. The SMILES string of the molecule is CC[N+](O)(O)CCc1ccccc1.[OH-]. The molecule has 0 saturated heterocycles. The molecule has 0 saturated carbocycles. The van der Waals surface area contributed by atoms with Gasteiger partial charge in [0.25, 0.3) is 0 Å². The van der Waals surface area contributed by atoms with Crippen molar-refractivity contribution in [2.75, 3.05) is 13.1 Å². The molecule has 4 nitrogen and oxygen atoms in total. The maximum atomic E-state index is 9.28. The van der Waals surface area contributed by atoms with Gasteiger partial charge in [0.15, 0.2) is 0 Å². The van der Waals surface area contributed by atoms with Crippen molar-refractivity contribution in [3.63, 3.8) is 0 Å². The number of benzene rings is 1. The van der Waals surface area contributed by atoms with Crippen molar-refractivity contribution < 1.29 is 20.7 Å². The van der Waals surface area contributed by atoms with E-state index < -0.39 is 4.81 Å². The van der Waals surface area contributed by atoms with Crippen LogP contribution in [0.2, 0.25) is 0 Å². The quantitative estimate of drug-likeness (QED) is 0.572. The summed E-state index contributed by atoms with van der Waals surface area (Å²) in [6.07, 6.45) is 0.682. The van der Waals surface area contributed by atoms with Gasteiger partial charge in [-0.2, -0.15) is 10.4 Å². The summed E-state index contributed by atoms with van der Waals surface area (Å²) in [5, 5.41) is 18.6. The molecule has 0 aliphatic carbocycles. The van der Waals surface area contributed by atoms with Crippen molar-refractivity contribution in [3.05, 3.63) is 35.9 Å². The fourth-order valence-corrected chi connectivity index (χ4v) is 1.11. The lowest BCUT2D eigenvalue weighted by Gasteiger charge is -2.19. The molecule has 0 bridgehead atoms. The van der Waals surface area contributed by atoms with Crippen LogP contribution >= 0.6 is 0 Å². The first kappa shape index (κ1) is 13.1. The van der Waals surface area contributed by atoms with Crippen LogP contribution in [0.1, 0.15) is 12.5 Å². The first-order chi connectivity index (χ1) is 6.14.